The number of allylic oxidation sites excluding steroid dienone is 1. The number of nitrogens with one attached hydrogen (secondary N) is 1. The van der Waals surface area contributed by atoms with Gasteiger partial charge in [0.2, 0.25) is 5.91 Å². The number of aliphatic hydroxyl groups excluding tert-OH is 3. The zero-order valence-corrected chi connectivity index (χ0v) is 36.6. The lowest BCUT2D eigenvalue weighted by molar-refractivity contribution is -0.131. The second kappa shape index (κ2) is 44.8. The molecule has 0 saturated carbocycles. The molecule has 0 radical (unpaired) electrons. The van der Waals surface area contributed by atoms with Crippen LogP contribution >= 0.6 is 0 Å². The summed E-state index contributed by atoms with van der Waals surface area (Å²) in [5.41, 5.74) is 0. The Hall–Kier alpha value is -0.910. The quantitative estimate of drug-likeness (QED) is 0.0367. The number of hydrogen-bond acceptors (Lipinski definition) is 4. The first-order valence-electron chi connectivity index (χ1n) is 24.5. The number of carbonyl (C=O) groups excluding carboxylic acids is 1. The summed E-state index contributed by atoms with van der Waals surface area (Å²) in [6, 6.07) is -0.792. The monoisotopic (exact) mass is 764 g/mol. The molecule has 0 fully saturated rings. The van der Waals surface area contributed by atoms with E-state index in [0.29, 0.717) is 6.42 Å². The molecular weight excluding hydrogens is 667 g/mol. The summed E-state index contributed by atoms with van der Waals surface area (Å²) < 4.78 is 0. The third-order valence-corrected chi connectivity index (χ3v) is 11.6. The minimum Gasteiger partial charge on any atom is -0.394 e. The van der Waals surface area contributed by atoms with Crippen LogP contribution in [0.4, 0.5) is 0 Å². The smallest absolute Gasteiger partial charge is 0.249 e. The third-order valence-electron chi connectivity index (χ3n) is 11.6. The molecule has 0 heterocycles. The SMILES string of the molecule is CCCCCCCCCCC/C=C/C(O)C(CO)NC(=O)C(O)CCCCCCCCCCCCCCCCCCCCCCCCCCCCCCC. The van der Waals surface area contributed by atoms with Crippen molar-refractivity contribution < 1.29 is 20.1 Å². The van der Waals surface area contributed by atoms with Crippen LogP contribution in [-0.2, 0) is 4.79 Å². The Morgan fingerprint density at radius 2 is 0.722 bits per heavy atom. The van der Waals surface area contributed by atoms with Crippen molar-refractivity contribution in [2.45, 2.75) is 289 Å². The van der Waals surface area contributed by atoms with Gasteiger partial charge in [-0.15, -0.1) is 0 Å². The fourth-order valence-electron chi connectivity index (χ4n) is 7.78. The van der Waals surface area contributed by atoms with Crippen molar-refractivity contribution in [2.75, 3.05) is 6.61 Å². The highest BCUT2D eigenvalue weighted by atomic mass is 16.3. The van der Waals surface area contributed by atoms with E-state index in [-0.39, 0.29) is 6.61 Å². The van der Waals surface area contributed by atoms with Gasteiger partial charge in [-0.1, -0.05) is 264 Å². The minimum absolute atomic E-state index is 0.360. The molecule has 0 aromatic rings. The topological polar surface area (TPSA) is 89.8 Å². The van der Waals surface area contributed by atoms with Gasteiger partial charge >= 0.3 is 0 Å². The lowest BCUT2D eigenvalue weighted by atomic mass is 10.0. The Morgan fingerprint density at radius 1 is 0.444 bits per heavy atom. The second-order valence-electron chi connectivity index (χ2n) is 17.0. The zero-order chi connectivity index (χ0) is 39.4. The largest absolute Gasteiger partial charge is 0.394 e. The van der Waals surface area contributed by atoms with Gasteiger partial charge in [0.05, 0.1) is 18.8 Å². The maximum absolute atomic E-state index is 12.5. The van der Waals surface area contributed by atoms with Crippen molar-refractivity contribution in [1.82, 2.24) is 5.32 Å². The predicted octanol–water partition coefficient (Wildman–Crippen LogP) is 14.4. The molecule has 0 aromatic heterocycles. The van der Waals surface area contributed by atoms with Crippen molar-refractivity contribution in [3.05, 3.63) is 12.2 Å². The van der Waals surface area contributed by atoms with Crippen LogP contribution in [0.2, 0.25) is 0 Å². The summed E-state index contributed by atoms with van der Waals surface area (Å²) in [5.74, 6) is -0.499. The average molecular weight is 764 g/mol. The minimum atomic E-state index is -1.09. The lowest BCUT2D eigenvalue weighted by Crippen LogP contribution is -2.48. The first kappa shape index (κ1) is 53.1. The Balaban J connectivity index is 3.48. The molecule has 0 aromatic carbocycles. The Morgan fingerprint density at radius 3 is 1.02 bits per heavy atom. The second-order valence-corrected chi connectivity index (χ2v) is 17.0. The molecular formula is C49H97NO4. The zero-order valence-electron chi connectivity index (χ0n) is 36.6. The maximum atomic E-state index is 12.5. The Kier molecular flexibility index (Phi) is 44.0. The first-order valence-corrected chi connectivity index (χ1v) is 24.5. The summed E-state index contributed by atoms with van der Waals surface area (Å²) in [7, 11) is 0. The van der Waals surface area contributed by atoms with E-state index in [0.717, 1.165) is 32.1 Å². The van der Waals surface area contributed by atoms with Gasteiger partial charge < -0.3 is 20.6 Å². The highest BCUT2D eigenvalue weighted by molar-refractivity contribution is 5.80. The molecule has 322 valence electrons. The van der Waals surface area contributed by atoms with Crippen LogP contribution in [0.15, 0.2) is 12.2 Å². The molecule has 0 aliphatic heterocycles. The molecule has 3 atom stereocenters. The van der Waals surface area contributed by atoms with Crippen molar-refractivity contribution in [3.63, 3.8) is 0 Å². The van der Waals surface area contributed by atoms with Crippen LogP contribution in [0.3, 0.4) is 0 Å². The highest BCUT2D eigenvalue weighted by Gasteiger charge is 2.22. The van der Waals surface area contributed by atoms with Crippen LogP contribution in [0, 0.1) is 0 Å². The molecule has 1 amide bonds. The standard InChI is InChI=1S/C49H97NO4/c1-3-5-7-9-11-13-15-16-17-18-19-20-21-22-23-24-25-26-27-28-29-30-31-32-34-36-38-40-42-44-48(53)49(54)50-46(45-51)47(52)43-41-39-37-35-33-14-12-10-8-6-4-2/h41,43,46-48,51-53H,3-40,42,44-45H2,1-2H3,(H,50,54)/b43-41+. The van der Waals surface area contributed by atoms with Gasteiger partial charge in [-0.05, 0) is 19.3 Å². The molecule has 4 N–H and O–H groups in total. The molecule has 54 heavy (non-hydrogen) atoms. The normalized spacial score (nSPS) is 13.5. The van der Waals surface area contributed by atoms with Crippen molar-refractivity contribution >= 4 is 5.91 Å². The third kappa shape index (κ3) is 39.3. The molecule has 0 rings (SSSR count). The van der Waals surface area contributed by atoms with Crippen LogP contribution in [0.1, 0.15) is 271 Å². The highest BCUT2D eigenvalue weighted by Crippen LogP contribution is 2.17. The summed E-state index contributed by atoms with van der Waals surface area (Å²) in [6.45, 7) is 4.19. The number of unbranched alkanes of at least 4 members (excludes halogenated alkanes) is 37. The molecule has 0 saturated heterocycles. The first-order chi connectivity index (χ1) is 26.6. The number of rotatable bonds is 45. The molecule has 5 nitrogen and oxygen atoms in total. The van der Waals surface area contributed by atoms with E-state index < -0.39 is 24.2 Å². The fraction of sp³-hybridized carbons (Fsp3) is 0.939. The van der Waals surface area contributed by atoms with E-state index in [1.165, 1.54) is 218 Å². The Bertz CT molecular complexity index is 758. The summed E-state index contributed by atoms with van der Waals surface area (Å²) in [6.07, 6.45) is 54.2. The molecule has 0 aliphatic rings. The van der Waals surface area contributed by atoms with Crippen LogP contribution in [-0.4, -0.2) is 46.1 Å². The van der Waals surface area contributed by atoms with Crippen LogP contribution in [0.25, 0.3) is 0 Å². The summed E-state index contributed by atoms with van der Waals surface area (Å²) in [5, 5.41) is 33.1. The predicted molar refractivity (Wildman–Crippen MR) is 236 cm³/mol. The fourth-order valence-corrected chi connectivity index (χ4v) is 7.78. The summed E-state index contributed by atoms with van der Waals surface area (Å²) >= 11 is 0. The molecule has 3 unspecified atom stereocenters. The molecule has 0 aliphatic carbocycles. The average Bonchev–Trinajstić information content (AvgIpc) is 3.18. The van der Waals surface area contributed by atoms with E-state index in [1.807, 2.05) is 6.08 Å². The van der Waals surface area contributed by atoms with Crippen molar-refractivity contribution in [3.8, 4) is 0 Å². The van der Waals surface area contributed by atoms with Gasteiger partial charge in [0.1, 0.15) is 6.10 Å². The van der Waals surface area contributed by atoms with Gasteiger partial charge in [-0.3, -0.25) is 4.79 Å². The van der Waals surface area contributed by atoms with E-state index in [1.54, 1.807) is 6.08 Å². The number of amides is 1. The molecule has 0 bridgehead atoms. The number of hydrogen-bond donors (Lipinski definition) is 4. The Labute approximate surface area is 338 Å². The molecule has 0 spiro atoms. The van der Waals surface area contributed by atoms with Gasteiger partial charge in [0.25, 0.3) is 0 Å². The van der Waals surface area contributed by atoms with Crippen molar-refractivity contribution in [2.24, 2.45) is 0 Å². The van der Waals surface area contributed by atoms with E-state index >= 15 is 0 Å². The van der Waals surface area contributed by atoms with Crippen molar-refractivity contribution in [1.29, 1.82) is 0 Å². The molecule has 5 heteroatoms. The van der Waals surface area contributed by atoms with Gasteiger partial charge in [0.15, 0.2) is 0 Å². The number of aliphatic hydroxyl groups is 3. The maximum Gasteiger partial charge on any atom is 0.249 e. The van der Waals surface area contributed by atoms with Crippen LogP contribution < -0.4 is 5.32 Å². The van der Waals surface area contributed by atoms with Gasteiger partial charge in [0, 0.05) is 0 Å². The van der Waals surface area contributed by atoms with E-state index in [2.05, 4.69) is 19.2 Å². The van der Waals surface area contributed by atoms with Crippen LogP contribution in [0.5, 0.6) is 0 Å². The lowest BCUT2D eigenvalue weighted by Gasteiger charge is -2.21. The van der Waals surface area contributed by atoms with Gasteiger partial charge in [-0.2, -0.15) is 0 Å². The number of carbonyl (C=O) groups is 1. The van der Waals surface area contributed by atoms with E-state index in [9.17, 15) is 20.1 Å². The van der Waals surface area contributed by atoms with E-state index in [4.69, 9.17) is 0 Å². The summed E-state index contributed by atoms with van der Waals surface area (Å²) in [4.78, 5) is 12.5. The van der Waals surface area contributed by atoms with Gasteiger partial charge in [-0.25, -0.2) is 0 Å².